The molecule has 2 saturated heterocycles. The molecule has 0 spiro atoms. The van der Waals surface area contributed by atoms with Crippen molar-refractivity contribution >= 4 is 6.09 Å². The van der Waals surface area contributed by atoms with Gasteiger partial charge in [0.2, 0.25) is 0 Å². The Kier molecular flexibility index (Phi) is 5.39. The first-order valence-electron chi connectivity index (χ1n) is 13.4. The van der Waals surface area contributed by atoms with Crippen molar-refractivity contribution in [3.05, 3.63) is 83.4 Å². The van der Waals surface area contributed by atoms with E-state index in [1.165, 1.54) is 22.3 Å². The predicted molar refractivity (Wildman–Crippen MR) is 139 cm³/mol. The van der Waals surface area contributed by atoms with Crippen LogP contribution in [0.2, 0.25) is 0 Å². The lowest BCUT2D eigenvalue weighted by Crippen LogP contribution is -2.59. The summed E-state index contributed by atoms with van der Waals surface area (Å²) in [5, 5.41) is 11.8. The van der Waals surface area contributed by atoms with Crippen LogP contribution in [-0.2, 0) is 10.3 Å². The predicted octanol–water partition coefficient (Wildman–Crippen LogP) is 5.61. The molecule has 3 heterocycles. The molecule has 0 saturated carbocycles. The zero-order chi connectivity index (χ0) is 25.0. The molecule has 3 aromatic carbocycles. The number of hydrogen-bond donors (Lipinski definition) is 1. The zero-order valence-corrected chi connectivity index (χ0v) is 20.8. The Morgan fingerprint density at radius 1 is 0.892 bits per heavy atom. The average molecular weight is 498 g/mol. The van der Waals surface area contributed by atoms with Gasteiger partial charge in [-0.2, -0.15) is 0 Å². The summed E-state index contributed by atoms with van der Waals surface area (Å²) >= 11 is 0. The highest BCUT2D eigenvalue weighted by Crippen LogP contribution is 2.47. The first kappa shape index (κ1) is 22.7. The number of benzene rings is 3. The van der Waals surface area contributed by atoms with Crippen molar-refractivity contribution in [3.8, 4) is 22.6 Å². The summed E-state index contributed by atoms with van der Waals surface area (Å²) in [6.07, 6.45) is 3.52. The molecule has 6 heteroatoms. The van der Waals surface area contributed by atoms with Crippen LogP contribution in [0.5, 0.6) is 11.5 Å². The van der Waals surface area contributed by atoms with E-state index in [2.05, 4.69) is 36.4 Å². The molecule has 2 atom stereocenters. The summed E-state index contributed by atoms with van der Waals surface area (Å²) in [5.74, 6) is 1.44. The smallest absolute Gasteiger partial charge is 0.410 e. The standard InChI is InChI=1S/C31H31NO5/c33-30(37-19-27-25-10-3-1-8-23(25)24-9-2-4-11-26(24)27)32-21-6-5-7-22(32)18-31(34,17-21)20-12-13-28-29(16-20)36-15-14-35-28/h1-4,8-13,16,21-22,27,34H,5-7,14-15,17-19H2. The van der Waals surface area contributed by atoms with Gasteiger partial charge in [-0.3, -0.25) is 0 Å². The van der Waals surface area contributed by atoms with Gasteiger partial charge in [-0.25, -0.2) is 4.79 Å². The Balaban J connectivity index is 1.09. The van der Waals surface area contributed by atoms with E-state index in [1.807, 2.05) is 35.2 Å². The van der Waals surface area contributed by atoms with E-state index in [-0.39, 0.29) is 24.1 Å². The Labute approximate surface area is 216 Å². The lowest BCUT2D eigenvalue weighted by molar-refractivity contribution is -0.0892. The molecule has 1 aliphatic carbocycles. The maximum atomic E-state index is 13.5. The number of fused-ring (bicyclic) bond motifs is 6. The van der Waals surface area contributed by atoms with Crippen LogP contribution in [0.15, 0.2) is 66.7 Å². The van der Waals surface area contributed by atoms with Crippen molar-refractivity contribution in [2.45, 2.75) is 55.7 Å². The van der Waals surface area contributed by atoms with Crippen molar-refractivity contribution in [2.24, 2.45) is 0 Å². The Morgan fingerprint density at radius 2 is 1.51 bits per heavy atom. The van der Waals surface area contributed by atoms with Gasteiger partial charge in [0.25, 0.3) is 0 Å². The van der Waals surface area contributed by atoms with Crippen molar-refractivity contribution in [1.82, 2.24) is 4.90 Å². The molecule has 3 aliphatic heterocycles. The Morgan fingerprint density at radius 3 is 2.19 bits per heavy atom. The first-order valence-corrected chi connectivity index (χ1v) is 13.4. The number of aliphatic hydroxyl groups is 1. The molecule has 0 radical (unpaired) electrons. The molecule has 2 fully saturated rings. The molecule has 2 bridgehead atoms. The third-order valence-corrected chi connectivity index (χ3v) is 8.63. The topological polar surface area (TPSA) is 68.2 Å². The molecule has 7 rings (SSSR count). The van der Waals surface area contributed by atoms with Crippen LogP contribution in [0.4, 0.5) is 4.79 Å². The Bertz CT molecular complexity index is 1290. The number of amides is 1. The first-order chi connectivity index (χ1) is 18.1. The third-order valence-electron chi connectivity index (χ3n) is 8.63. The zero-order valence-electron chi connectivity index (χ0n) is 20.8. The average Bonchev–Trinajstić information content (AvgIpc) is 3.24. The maximum Gasteiger partial charge on any atom is 0.410 e. The second-order valence-corrected chi connectivity index (χ2v) is 10.7. The largest absolute Gasteiger partial charge is 0.486 e. The van der Waals surface area contributed by atoms with E-state index in [0.29, 0.717) is 38.4 Å². The van der Waals surface area contributed by atoms with E-state index in [1.54, 1.807) is 0 Å². The minimum absolute atomic E-state index is 0.0376. The van der Waals surface area contributed by atoms with Gasteiger partial charge in [-0.1, -0.05) is 54.6 Å². The van der Waals surface area contributed by atoms with Crippen LogP contribution in [0.3, 0.4) is 0 Å². The van der Waals surface area contributed by atoms with Crippen LogP contribution < -0.4 is 9.47 Å². The number of ether oxygens (including phenoxy) is 3. The van der Waals surface area contributed by atoms with Gasteiger partial charge in [0.1, 0.15) is 19.8 Å². The second kappa shape index (κ2) is 8.80. The van der Waals surface area contributed by atoms with Crippen LogP contribution in [-0.4, -0.2) is 48.0 Å². The molecule has 1 N–H and O–H groups in total. The number of rotatable bonds is 3. The number of carbonyl (C=O) groups excluding carboxylic acids is 1. The molecule has 4 aliphatic rings. The van der Waals surface area contributed by atoms with E-state index in [9.17, 15) is 9.90 Å². The summed E-state index contributed by atoms with van der Waals surface area (Å²) in [7, 11) is 0. The van der Waals surface area contributed by atoms with Crippen molar-refractivity contribution < 1.29 is 24.1 Å². The van der Waals surface area contributed by atoms with Crippen molar-refractivity contribution in [3.63, 3.8) is 0 Å². The molecule has 2 unspecified atom stereocenters. The molecule has 37 heavy (non-hydrogen) atoms. The molecule has 6 nitrogen and oxygen atoms in total. The summed E-state index contributed by atoms with van der Waals surface area (Å²) in [5.41, 5.74) is 4.69. The number of carbonyl (C=O) groups is 1. The highest BCUT2D eigenvalue weighted by molar-refractivity contribution is 5.79. The monoisotopic (exact) mass is 497 g/mol. The highest BCUT2D eigenvalue weighted by atomic mass is 16.6. The molecular weight excluding hydrogens is 466 g/mol. The summed E-state index contributed by atoms with van der Waals surface area (Å²) < 4.78 is 17.5. The fourth-order valence-corrected chi connectivity index (χ4v) is 6.96. The van der Waals surface area contributed by atoms with Crippen LogP contribution >= 0.6 is 0 Å². The SMILES string of the molecule is O=C(OCC1c2ccccc2-c2ccccc21)N1C2CCCC1CC(O)(c1ccc3c(c1)OCCO3)C2. The lowest BCUT2D eigenvalue weighted by atomic mass is 9.72. The fraction of sp³-hybridized carbons (Fsp3) is 0.387. The normalized spacial score (nSPS) is 25.8. The van der Waals surface area contributed by atoms with Crippen LogP contribution in [0.25, 0.3) is 11.1 Å². The number of nitrogens with zero attached hydrogens (tertiary/aromatic N) is 1. The van der Waals surface area contributed by atoms with Gasteiger partial charge in [0.05, 0.1) is 5.60 Å². The number of piperidine rings is 2. The van der Waals surface area contributed by atoms with E-state index in [4.69, 9.17) is 14.2 Å². The Hall–Kier alpha value is -3.51. The minimum Gasteiger partial charge on any atom is -0.486 e. The van der Waals surface area contributed by atoms with E-state index in [0.717, 1.165) is 30.6 Å². The lowest BCUT2D eigenvalue weighted by Gasteiger charge is -2.51. The van der Waals surface area contributed by atoms with Gasteiger partial charge in [0, 0.05) is 30.8 Å². The summed E-state index contributed by atoms with van der Waals surface area (Å²) in [6.45, 7) is 1.36. The van der Waals surface area contributed by atoms with Crippen LogP contribution in [0, 0.1) is 0 Å². The molecule has 0 aromatic heterocycles. The minimum atomic E-state index is -1.01. The van der Waals surface area contributed by atoms with Gasteiger partial charge in [-0.05, 0) is 59.2 Å². The summed E-state index contributed by atoms with van der Waals surface area (Å²) in [6, 6.07) is 22.4. The number of hydrogen-bond acceptors (Lipinski definition) is 5. The van der Waals surface area contributed by atoms with Gasteiger partial charge >= 0.3 is 6.09 Å². The van der Waals surface area contributed by atoms with Crippen molar-refractivity contribution in [2.75, 3.05) is 19.8 Å². The maximum absolute atomic E-state index is 13.5. The third kappa shape index (κ3) is 3.77. The van der Waals surface area contributed by atoms with Gasteiger partial charge in [-0.15, -0.1) is 0 Å². The molecule has 190 valence electrons. The van der Waals surface area contributed by atoms with Crippen LogP contribution in [0.1, 0.15) is 54.7 Å². The molecular formula is C31H31NO5. The fourth-order valence-electron chi connectivity index (χ4n) is 6.96. The van der Waals surface area contributed by atoms with Gasteiger partial charge in [0.15, 0.2) is 11.5 Å². The van der Waals surface area contributed by atoms with E-state index < -0.39 is 5.60 Å². The highest BCUT2D eigenvalue weighted by Gasteiger charge is 2.49. The van der Waals surface area contributed by atoms with E-state index >= 15 is 0 Å². The van der Waals surface area contributed by atoms with Crippen molar-refractivity contribution in [1.29, 1.82) is 0 Å². The summed E-state index contributed by atoms with van der Waals surface area (Å²) in [4.78, 5) is 15.4. The van der Waals surface area contributed by atoms with Gasteiger partial charge < -0.3 is 24.2 Å². The quantitative estimate of drug-likeness (QED) is 0.509. The second-order valence-electron chi connectivity index (χ2n) is 10.7. The molecule has 3 aromatic rings. The molecule has 1 amide bonds.